The van der Waals surface area contributed by atoms with E-state index in [0.717, 1.165) is 19.0 Å². The van der Waals surface area contributed by atoms with E-state index in [1.807, 2.05) is 0 Å². The first kappa shape index (κ1) is 20.8. The van der Waals surface area contributed by atoms with E-state index >= 15 is 0 Å². The maximum atomic E-state index is 2.62. The average molecular weight is 399 g/mol. The van der Waals surface area contributed by atoms with Crippen molar-refractivity contribution in [1.29, 1.82) is 0 Å². The minimum atomic E-state index is 0.325. The molecule has 1 aliphatic heterocycles. The molecule has 0 bridgehead atoms. The standard InChI is InChI=1S/C28H34N2/c1-29(28(26-13-7-3-8-14-26)27-15-9-4-10-16-27)20-17-24-18-21-30(22-19-24)23-25-11-5-2-6-12-25/h2-16,24,28H,17-23H2,1H3. The second-order valence-corrected chi connectivity index (χ2v) is 8.70. The molecule has 1 aliphatic rings. The van der Waals surface area contributed by atoms with Crippen molar-refractivity contribution >= 4 is 0 Å². The van der Waals surface area contributed by atoms with Crippen LogP contribution < -0.4 is 0 Å². The maximum absolute atomic E-state index is 2.62. The largest absolute Gasteiger partial charge is 0.299 e. The van der Waals surface area contributed by atoms with Crippen LogP contribution in [0, 0.1) is 5.92 Å². The van der Waals surface area contributed by atoms with Crippen LogP contribution in [-0.2, 0) is 6.54 Å². The molecular formula is C28H34N2. The van der Waals surface area contributed by atoms with Crippen molar-refractivity contribution < 1.29 is 0 Å². The Bertz CT molecular complexity index is 815. The Morgan fingerprint density at radius 1 is 0.767 bits per heavy atom. The lowest BCUT2D eigenvalue weighted by Gasteiger charge is -2.34. The lowest BCUT2D eigenvalue weighted by molar-refractivity contribution is 0.158. The van der Waals surface area contributed by atoms with Gasteiger partial charge >= 0.3 is 0 Å². The molecule has 2 heteroatoms. The Labute approximate surface area is 182 Å². The van der Waals surface area contributed by atoms with Gasteiger partial charge < -0.3 is 0 Å². The van der Waals surface area contributed by atoms with E-state index in [4.69, 9.17) is 0 Å². The Kier molecular flexibility index (Phi) is 7.34. The fraction of sp³-hybridized carbons (Fsp3) is 0.357. The third-order valence-corrected chi connectivity index (χ3v) is 6.52. The molecule has 30 heavy (non-hydrogen) atoms. The number of hydrogen-bond acceptors (Lipinski definition) is 2. The fourth-order valence-electron chi connectivity index (χ4n) is 4.76. The zero-order chi connectivity index (χ0) is 20.6. The highest BCUT2D eigenvalue weighted by atomic mass is 15.1. The molecule has 0 unspecified atom stereocenters. The van der Waals surface area contributed by atoms with Crippen LogP contribution in [0.1, 0.15) is 42.0 Å². The summed E-state index contributed by atoms with van der Waals surface area (Å²) in [5, 5.41) is 0. The molecular weight excluding hydrogens is 364 g/mol. The molecule has 0 amide bonds. The van der Waals surface area contributed by atoms with E-state index in [1.54, 1.807) is 0 Å². The Morgan fingerprint density at radius 3 is 1.80 bits per heavy atom. The lowest BCUT2D eigenvalue weighted by Crippen LogP contribution is -2.35. The van der Waals surface area contributed by atoms with Crippen LogP contribution in [0.15, 0.2) is 91.0 Å². The number of piperidine rings is 1. The lowest BCUT2D eigenvalue weighted by atomic mass is 9.92. The van der Waals surface area contributed by atoms with Crippen molar-refractivity contribution in [3.05, 3.63) is 108 Å². The summed E-state index contributed by atoms with van der Waals surface area (Å²) < 4.78 is 0. The van der Waals surface area contributed by atoms with Crippen LogP contribution in [0.4, 0.5) is 0 Å². The Balaban J connectivity index is 1.31. The number of nitrogens with zero attached hydrogens (tertiary/aromatic N) is 2. The summed E-state index contributed by atoms with van der Waals surface area (Å²) in [6.07, 6.45) is 3.93. The second-order valence-electron chi connectivity index (χ2n) is 8.70. The van der Waals surface area contributed by atoms with E-state index < -0.39 is 0 Å². The fourth-order valence-corrected chi connectivity index (χ4v) is 4.76. The summed E-state index contributed by atoms with van der Waals surface area (Å²) in [4.78, 5) is 5.16. The summed E-state index contributed by atoms with van der Waals surface area (Å²) in [6, 6.07) is 33.1. The van der Waals surface area contributed by atoms with Crippen LogP contribution >= 0.6 is 0 Å². The molecule has 0 N–H and O–H groups in total. The smallest absolute Gasteiger partial charge is 0.0599 e. The molecule has 0 spiro atoms. The van der Waals surface area contributed by atoms with E-state index in [0.29, 0.717) is 6.04 Å². The normalized spacial score (nSPS) is 15.7. The predicted octanol–water partition coefficient (Wildman–Crippen LogP) is 6.01. The first-order valence-corrected chi connectivity index (χ1v) is 11.4. The van der Waals surface area contributed by atoms with Gasteiger partial charge in [-0.2, -0.15) is 0 Å². The first-order valence-electron chi connectivity index (χ1n) is 11.4. The SMILES string of the molecule is CN(CCC1CCN(Cc2ccccc2)CC1)C(c1ccccc1)c1ccccc1. The molecule has 1 saturated heterocycles. The van der Waals surface area contributed by atoms with Crippen LogP contribution in [0.3, 0.4) is 0 Å². The molecule has 0 aliphatic carbocycles. The van der Waals surface area contributed by atoms with Crippen molar-refractivity contribution in [2.45, 2.75) is 31.8 Å². The molecule has 0 atom stereocenters. The zero-order valence-corrected chi connectivity index (χ0v) is 18.2. The highest BCUT2D eigenvalue weighted by molar-refractivity contribution is 5.31. The van der Waals surface area contributed by atoms with Crippen LogP contribution in [0.25, 0.3) is 0 Å². The van der Waals surface area contributed by atoms with Gasteiger partial charge in [0.2, 0.25) is 0 Å². The summed E-state index contributed by atoms with van der Waals surface area (Å²) >= 11 is 0. The molecule has 4 rings (SSSR count). The van der Waals surface area contributed by atoms with E-state index in [9.17, 15) is 0 Å². The van der Waals surface area contributed by atoms with Crippen molar-refractivity contribution in [2.75, 3.05) is 26.7 Å². The van der Waals surface area contributed by atoms with Gasteiger partial charge in [0, 0.05) is 6.54 Å². The van der Waals surface area contributed by atoms with Crippen molar-refractivity contribution in [3.8, 4) is 0 Å². The summed E-state index contributed by atoms with van der Waals surface area (Å²) in [5.41, 5.74) is 4.19. The van der Waals surface area contributed by atoms with Gasteiger partial charge in [-0.3, -0.25) is 9.80 Å². The van der Waals surface area contributed by atoms with Gasteiger partial charge in [-0.1, -0.05) is 91.0 Å². The molecule has 3 aromatic rings. The number of hydrogen-bond donors (Lipinski definition) is 0. The topological polar surface area (TPSA) is 6.48 Å². The van der Waals surface area contributed by atoms with Crippen LogP contribution in [0.2, 0.25) is 0 Å². The van der Waals surface area contributed by atoms with E-state index in [1.165, 1.54) is 49.0 Å². The molecule has 0 saturated carbocycles. The summed E-state index contributed by atoms with van der Waals surface area (Å²) in [6.45, 7) is 4.68. The van der Waals surface area contributed by atoms with Crippen molar-refractivity contribution in [1.82, 2.24) is 9.80 Å². The first-order chi connectivity index (χ1) is 14.8. The molecule has 0 aromatic heterocycles. The highest BCUT2D eigenvalue weighted by Crippen LogP contribution is 2.29. The minimum Gasteiger partial charge on any atom is -0.299 e. The predicted molar refractivity (Wildman–Crippen MR) is 126 cm³/mol. The maximum Gasteiger partial charge on any atom is 0.0599 e. The molecule has 1 fully saturated rings. The summed E-state index contributed by atoms with van der Waals surface area (Å²) in [5.74, 6) is 0.840. The van der Waals surface area contributed by atoms with E-state index in [-0.39, 0.29) is 0 Å². The van der Waals surface area contributed by atoms with Crippen LogP contribution in [-0.4, -0.2) is 36.5 Å². The Morgan fingerprint density at radius 2 is 1.27 bits per heavy atom. The third-order valence-electron chi connectivity index (χ3n) is 6.52. The number of benzene rings is 3. The molecule has 2 nitrogen and oxygen atoms in total. The quantitative estimate of drug-likeness (QED) is 0.458. The third kappa shape index (κ3) is 5.59. The monoisotopic (exact) mass is 398 g/mol. The van der Waals surface area contributed by atoms with Gasteiger partial charge in [-0.15, -0.1) is 0 Å². The zero-order valence-electron chi connectivity index (χ0n) is 18.2. The van der Waals surface area contributed by atoms with Gasteiger partial charge in [-0.05, 0) is 68.6 Å². The van der Waals surface area contributed by atoms with Gasteiger partial charge in [-0.25, -0.2) is 0 Å². The highest BCUT2D eigenvalue weighted by Gasteiger charge is 2.23. The van der Waals surface area contributed by atoms with Gasteiger partial charge in [0.25, 0.3) is 0 Å². The number of likely N-dealkylation sites (tertiary alicyclic amines) is 1. The number of rotatable bonds is 8. The summed E-state index contributed by atoms with van der Waals surface area (Å²) in [7, 11) is 2.29. The average Bonchev–Trinajstić information content (AvgIpc) is 2.81. The molecule has 0 radical (unpaired) electrons. The molecule has 156 valence electrons. The van der Waals surface area contributed by atoms with Crippen molar-refractivity contribution in [3.63, 3.8) is 0 Å². The Hall–Kier alpha value is -2.42. The van der Waals surface area contributed by atoms with Gasteiger partial charge in [0.05, 0.1) is 6.04 Å². The van der Waals surface area contributed by atoms with Gasteiger partial charge in [0.15, 0.2) is 0 Å². The molecule has 3 aromatic carbocycles. The molecule has 1 heterocycles. The van der Waals surface area contributed by atoms with Gasteiger partial charge in [0.1, 0.15) is 0 Å². The van der Waals surface area contributed by atoms with Crippen molar-refractivity contribution in [2.24, 2.45) is 5.92 Å². The van der Waals surface area contributed by atoms with E-state index in [2.05, 4.69) is 108 Å². The second kappa shape index (κ2) is 10.6. The van der Waals surface area contributed by atoms with Crippen LogP contribution in [0.5, 0.6) is 0 Å². The minimum absolute atomic E-state index is 0.325.